The molecule has 27 heavy (non-hydrogen) atoms. The third kappa shape index (κ3) is 4.44. The number of benzene rings is 2. The summed E-state index contributed by atoms with van der Waals surface area (Å²) in [6.45, 7) is 2.27. The van der Waals surface area contributed by atoms with Crippen LogP contribution in [0.25, 0.3) is 11.3 Å². The van der Waals surface area contributed by atoms with Crippen LogP contribution in [0.3, 0.4) is 0 Å². The fourth-order valence-corrected chi connectivity index (χ4v) is 3.07. The lowest BCUT2D eigenvalue weighted by molar-refractivity contribution is 0.0999. The number of ether oxygens (including phenoxy) is 2. The van der Waals surface area contributed by atoms with E-state index in [4.69, 9.17) is 15.2 Å². The van der Waals surface area contributed by atoms with Crippen LogP contribution in [0.1, 0.15) is 21.5 Å². The molecule has 1 atom stereocenters. The van der Waals surface area contributed by atoms with E-state index < -0.39 is 5.91 Å². The van der Waals surface area contributed by atoms with Crippen LogP contribution >= 0.6 is 9.24 Å². The maximum absolute atomic E-state index is 11.4. The standard InChI is InChI=1S/C21H21N2O3P/c1-13-9-15(3-5-17(13)21(22)24)18-10-14(7-8-23-18)12-26-16-4-6-20(27)19(11-16)25-2/h3-11H,12,27H2,1-2H3,(H2,22,24). The van der Waals surface area contributed by atoms with Gasteiger partial charge < -0.3 is 15.2 Å². The normalized spacial score (nSPS) is 10.5. The minimum atomic E-state index is -0.430. The molecule has 2 aromatic carbocycles. The van der Waals surface area contributed by atoms with Gasteiger partial charge in [0.2, 0.25) is 5.91 Å². The highest BCUT2D eigenvalue weighted by Gasteiger charge is 2.08. The van der Waals surface area contributed by atoms with Gasteiger partial charge in [0.05, 0.1) is 12.8 Å². The Labute approximate surface area is 160 Å². The molecule has 0 radical (unpaired) electrons. The van der Waals surface area contributed by atoms with Gasteiger partial charge in [-0.25, -0.2) is 0 Å². The summed E-state index contributed by atoms with van der Waals surface area (Å²) in [5, 5.41) is 0.978. The number of rotatable bonds is 6. The molecule has 0 aliphatic rings. The summed E-state index contributed by atoms with van der Waals surface area (Å²) < 4.78 is 11.2. The van der Waals surface area contributed by atoms with Gasteiger partial charge in [-0.3, -0.25) is 9.78 Å². The third-order valence-electron chi connectivity index (χ3n) is 4.22. The summed E-state index contributed by atoms with van der Waals surface area (Å²) in [6, 6.07) is 15.1. The van der Waals surface area contributed by atoms with Crippen LogP contribution in [0.2, 0.25) is 0 Å². The first-order valence-electron chi connectivity index (χ1n) is 8.40. The number of hydrogen-bond acceptors (Lipinski definition) is 4. The molecule has 1 unspecified atom stereocenters. The van der Waals surface area contributed by atoms with Gasteiger partial charge in [-0.05, 0) is 54.4 Å². The van der Waals surface area contributed by atoms with Gasteiger partial charge in [0.15, 0.2) is 0 Å². The Morgan fingerprint density at radius 1 is 1.15 bits per heavy atom. The van der Waals surface area contributed by atoms with E-state index in [0.717, 1.165) is 39.2 Å². The molecular formula is C21H21N2O3P. The summed E-state index contributed by atoms with van der Waals surface area (Å²) in [5.41, 5.74) is 9.44. The Balaban J connectivity index is 1.78. The van der Waals surface area contributed by atoms with E-state index in [1.165, 1.54) is 0 Å². The topological polar surface area (TPSA) is 74.4 Å². The molecule has 1 heterocycles. The maximum atomic E-state index is 11.4. The van der Waals surface area contributed by atoms with Crippen LogP contribution < -0.4 is 20.5 Å². The zero-order valence-corrected chi connectivity index (χ0v) is 16.4. The highest BCUT2D eigenvalue weighted by atomic mass is 31.0. The van der Waals surface area contributed by atoms with Crippen molar-refractivity contribution in [3.8, 4) is 22.8 Å². The van der Waals surface area contributed by atoms with Crippen molar-refractivity contribution >= 4 is 20.5 Å². The predicted molar refractivity (Wildman–Crippen MR) is 110 cm³/mol. The monoisotopic (exact) mass is 380 g/mol. The molecule has 0 saturated heterocycles. The van der Waals surface area contributed by atoms with Crippen LogP contribution in [-0.4, -0.2) is 18.0 Å². The molecular weight excluding hydrogens is 359 g/mol. The second-order valence-electron chi connectivity index (χ2n) is 6.14. The molecule has 5 nitrogen and oxygen atoms in total. The lowest BCUT2D eigenvalue weighted by atomic mass is 10.0. The van der Waals surface area contributed by atoms with Crippen molar-refractivity contribution in [2.45, 2.75) is 13.5 Å². The van der Waals surface area contributed by atoms with E-state index in [-0.39, 0.29) is 0 Å². The van der Waals surface area contributed by atoms with Crippen LogP contribution in [0, 0.1) is 6.92 Å². The second kappa shape index (κ2) is 8.19. The zero-order chi connectivity index (χ0) is 19.4. The smallest absolute Gasteiger partial charge is 0.248 e. The van der Waals surface area contributed by atoms with Gasteiger partial charge in [-0.1, -0.05) is 6.07 Å². The highest BCUT2D eigenvalue weighted by molar-refractivity contribution is 7.27. The number of amides is 1. The molecule has 2 N–H and O–H groups in total. The van der Waals surface area contributed by atoms with Gasteiger partial charge >= 0.3 is 0 Å². The van der Waals surface area contributed by atoms with Crippen LogP contribution in [0.15, 0.2) is 54.7 Å². The molecule has 6 heteroatoms. The number of carbonyl (C=O) groups is 1. The number of pyridine rings is 1. The molecule has 138 valence electrons. The van der Waals surface area contributed by atoms with Crippen LogP contribution in [0.4, 0.5) is 0 Å². The van der Waals surface area contributed by atoms with Crippen molar-refractivity contribution < 1.29 is 14.3 Å². The molecule has 0 aliphatic carbocycles. The van der Waals surface area contributed by atoms with Gasteiger partial charge in [0.1, 0.15) is 18.1 Å². The number of nitrogens with zero attached hydrogens (tertiary/aromatic N) is 1. The Hall–Kier alpha value is -2.91. The number of aryl methyl sites for hydroxylation is 1. The molecule has 0 aliphatic heterocycles. The molecule has 1 aromatic heterocycles. The summed E-state index contributed by atoms with van der Waals surface area (Å²) in [7, 11) is 4.26. The predicted octanol–water partition coefficient (Wildman–Crippen LogP) is 3.24. The summed E-state index contributed by atoms with van der Waals surface area (Å²) in [6.07, 6.45) is 1.75. The molecule has 1 amide bonds. The molecule has 0 saturated carbocycles. The lowest BCUT2D eigenvalue weighted by Crippen LogP contribution is -2.12. The van der Waals surface area contributed by atoms with E-state index in [0.29, 0.717) is 12.2 Å². The summed E-state index contributed by atoms with van der Waals surface area (Å²) in [4.78, 5) is 15.8. The van der Waals surface area contributed by atoms with Gasteiger partial charge in [-0.15, -0.1) is 9.24 Å². The van der Waals surface area contributed by atoms with Gasteiger partial charge in [-0.2, -0.15) is 0 Å². The SMILES string of the molecule is COc1cc(OCc2ccnc(-c3ccc(C(N)=O)c(C)c3)c2)ccc1P. The number of primary amides is 1. The Bertz CT molecular complexity index is 989. The fraction of sp³-hybridized carbons (Fsp3) is 0.143. The van der Waals surface area contributed by atoms with Crippen LogP contribution in [0.5, 0.6) is 11.5 Å². The van der Waals surface area contributed by atoms with E-state index >= 15 is 0 Å². The molecule has 3 aromatic rings. The number of nitrogens with two attached hydrogens (primary N) is 1. The Kier molecular flexibility index (Phi) is 5.72. The van der Waals surface area contributed by atoms with Crippen molar-refractivity contribution in [2.75, 3.05) is 7.11 Å². The molecule has 0 fully saturated rings. The van der Waals surface area contributed by atoms with E-state index in [1.54, 1.807) is 19.4 Å². The van der Waals surface area contributed by atoms with E-state index in [1.807, 2.05) is 49.4 Å². The second-order valence-corrected chi connectivity index (χ2v) is 6.76. The van der Waals surface area contributed by atoms with E-state index in [9.17, 15) is 4.79 Å². The first kappa shape index (κ1) is 18.9. The van der Waals surface area contributed by atoms with Gasteiger partial charge in [0.25, 0.3) is 0 Å². The van der Waals surface area contributed by atoms with Crippen molar-refractivity contribution in [3.63, 3.8) is 0 Å². The number of carbonyl (C=O) groups excluding carboxylic acids is 1. The average molecular weight is 380 g/mol. The minimum Gasteiger partial charge on any atom is -0.496 e. The summed E-state index contributed by atoms with van der Waals surface area (Å²) >= 11 is 0. The summed E-state index contributed by atoms with van der Waals surface area (Å²) in [5.74, 6) is 1.07. The van der Waals surface area contributed by atoms with Crippen molar-refractivity contribution in [1.29, 1.82) is 0 Å². The Morgan fingerprint density at radius 3 is 2.67 bits per heavy atom. The lowest BCUT2D eigenvalue weighted by Gasteiger charge is -2.11. The highest BCUT2D eigenvalue weighted by Crippen LogP contribution is 2.23. The van der Waals surface area contributed by atoms with Crippen molar-refractivity contribution in [1.82, 2.24) is 4.98 Å². The van der Waals surface area contributed by atoms with E-state index in [2.05, 4.69) is 14.2 Å². The fourth-order valence-electron chi connectivity index (χ4n) is 2.77. The first-order chi connectivity index (χ1) is 13.0. The largest absolute Gasteiger partial charge is 0.496 e. The molecule has 0 spiro atoms. The minimum absolute atomic E-state index is 0.410. The van der Waals surface area contributed by atoms with Gasteiger partial charge in [0, 0.05) is 28.7 Å². The molecule has 0 bridgehead atoms. The third-order valence-corrected chi connectivity index (χ3v) is 4.70. The quantitative estimate of drug-likeness (QED) is 0.666. The number of hydrogen-bond donors (Lipinski definition) is 1. The van der Waals surface area contributed by atoms with Crippen molar-refractivity contribution in [2.24, 2.45) is 5.73 Å². The number of aromatic nitrogens is 1. The van der Waals surface area contributed by atoms with Crippen molar-refractivity contribution in [3.05, 3.63) is 71.4 Å². The maximum Gasteiger partial charge on any atom is 0.248 e. The zero-order valence-electron chi connectivity index (χ0n) is 15.2. The average Bonchev–Trinajstić information content (AvgIpc) is 2.67. The first-order valence-corrected chi connectivity index (χ1v) is 8.97. The molecule has 3 rings (SSSR count). The Morgan fingerprint density at radius 2 is 1.96 bits per heavy atom. The van der Waals surface area contributed by atoms with Crippen LogP contribution in [-0.2, 0) is 6.61 Å². The number of methoxy groups -OCH3 is 1.